The fourth-order valence-electron chi connectivity index (χ4n) is 1.20. The van der Waals surface area contributed by atoms with Crippen molar-refractivity contribution in [2.45, 2.75) is 33.6 Å². The molecular weight excluding hydrogens is 160 g/mol. The monoisotopic (exact) mass is 186 g/mol. The fourth-order valence-corrected chi connectivity index (χ4v) is 1.20. The third-order valence-corrected chi connectivity index (χ3v) is 2.62. The van der Waals surface area contributed by atoms with Crippen LogP contribution in [0.2, 0.25) is 0 Å². The predicted octanol–water partition coefficient (Wildman–Crippen LogP) is 1.96. The molecule has 2 nitrogen and oxygen atoms in total. The highest BCUT2D eigenvalue weighted by atomic mass is 15.1. The number of hydrogen-bond donors (Lipinski definition) is 1. The van der Waals surface area contributed by atoms with Crippen LogP contribution in [0.15, 0.2) is 0 Å². The predicted molar refractivity (Wildman–Crippen MR) is 60.1 cm³/mol. The van der Waals surface area contributed by atoms with E-state index in [0.717, 1.165) is 19.0 Å². The van der Waals surface area contributed by atoms with Crippen LogP contribution >= 0.6 is 0 Å². The summed E-state index contributed by atoms with van der Waals surface area (Å²) < 4.78 is 0. The van der Waals surface area contributed by atoms with Crippen LogP contribution in [0, 0.1) is 5.92 Å². The molecule has 0 saturated heterocycles. The molecule has 0 radical (unpaired) electrons. The molecule has 2 heteroatoms. The van der Waals surface area contributed by atoms with Gasteiger partial charge in [-0.2, -0.15) is 0 Å². The maximum atomic E-state index is 3.34. The molecule has 0 heterocycles. The maximum Gasteiger partial charge on any atom is 0.0104 e. The number of likely N-dealkylation sites (N-methyl/N-ethyl adjacent to an activating group) is 2. The van der Waals surface area contributed by atoms with Gasteiger partial charge in [-0.1, -0.05) is 27.2 Å². The molecule has 0 amide bonds. The van der Waals surface area contributed by atoms with Crippen LogP contribution in [-0.4, -0.2) is 38.1 Å². The summed E-state index contributed by atoms with van der Waals surface area (Å²) in [6.45, 7) is 11.4. The summed E-state index contributed by atoms with van der Waals surface area (Å²) in [6, 6.07) is 0. The maximum absolute atomic E-state index is 3.34. The van der Waals surface area contributed by atoms with E-state index < -0.39 is 0 Å². The van der Waals surface area contributed by atoms with Crippen LogP contribution in [0.3, 0.4) is 0 Å². The molecule has 80 valence electrons. The Kier molecular flexibility index (Phi) is 8.46. The average Bonchev–Trinajstić information content (AvgIpc) is 2.14. The Labute approximate surface area is 83.7 Å². The standard InChI is InChI=1S/C11H26N2/c1-5-11(3)7-9-13(4)10-8-12-6-2/h11-12H,5-10H2,1-4H3. The highest BCUT2D eigenvalue weighted by Gasteiger charge is 2.01. The zero-order valence-electron chi connectivity index (χ0n) is 9.77. The van der Waals surface area contributed by atoms with E-state index in [-0.39, 0.29) is 0 Å². The van der Waals surface area contributed by atoms with E-state index in [1.54, 1.807) is 0 Å². The summed E-state index contributed by atoms with van der Waals surface area (Å²) in [5.41, 5.74) is 0. The van der Waals surface area contributed by atoms with Gasteiger partial charge in [0.15, 0.2) is 0 Å². The van der Waals surface area contributed by atoms with Crippen LogP contribution in [0.1, 0.15) is 33.6 Å². The second-order valence-electron chi connectivity index (χ2n) is 3.96. The van der Waals surface area contributed by atoms with E-state index in [4.69, 9.17) is 0 Å². The molecule has 0 bridgehead atoms. The molecule has 0 aliphatic rings. The van der Waals surface area contributed by atoms with Crippen molar-refractivity contribution in [2.75, 3.05) is 33.2 Å². The number of nitrogens with one attached hydrogen (secondary N) is 1. The van der Waals surface area contributed by atoms with Crippen molar-refractivity contribution in [3.63, 3.8) is 0 Å². The average molecular weight is 186 g/mol. The quantitative estimate of drug-likeness (QED) is 0.583. The molecule has 0 spiro atoms. The molecule has 0 fully saturated rings. The molecule has 0 aromatic rings. The first kappa shape index (κ1) is 12.9. The van der Waals surface area contributed by atoms with Crippen LogP contribution in [0.5, 0.6) is 0 Å². The molecule has 1 unspecified atom stereocenters. The van der Waals surface area contributed by atoms with Crippen LogP contribution in [0.25, 0.3) is 0 Å². The minimum atomic E-state index is 0.876. The Hall–Kier alpha value is -0.0800. The Morgan fingerprint density at radius 1 is 1.23 bits per heavy atom. The van der Waals surface area contributed by atoms with Gasteiger partial charge in [0.2, 0.25) is 0 Å². The van der Waals surface area contributed by atoms with Crippen molar-refractivity contribution >= 4 is 0 Å². The van der Waals surface area contributed by atoms with Gasteiger partial charge in [0.05, 0.1) is 0 Å². The topological polar surface area (TPSA) is 15.3 Å². The minimum absolute atomic E-state index is 0.876. The van der Waals surface area contributed by atoms with Crippen molar-refractivity contribution in [1.29, 1.82) is 0 Å². The van der Waals surface area contributed by atoms with E-state index in [0.29, 0.717) is 0 Å². The van der Waals surface area contributed by atoms with Gasteiger partial charge in [0.25, 0.3) is 0 Å². The van der Waals surface area contributed by atoms with Crippen LogP contribution < -0.4 is 5.32 Å². The van der Waals surface area contributed by atoms with Gasteiger partial charge in [-0.15, -0.1) is 0 Å². The SMILES string of the molecule is CCNCCN(C)CCC(C)CC. The van der Waals surface area contributed by atoms with E-state index in [9.17, 15) is 0 Å². The summed E-state index contributed by atoms with van der Waals surface area (Å²) in [7, 11) is 2.21. The Morgan fingerprint density at radius 2 is 1.92 bits per heavy atom. The van der Waals surface area contributed by atoms with E-state index in [1.807, 2.05) is 0 Å². The van der Waals surface area contributed by atoms with Crippen molar-refractivity contribution in [3.05, 3.63) is 0 Å². The number of nitrogens with zero attached hydrogens (tertiary/aromatic N) is 1. The first-order chi connectivity index (χ1) is 6.20. The van der Waals surface area contributed by atoms with Gasteiger partial charge in [-0.25, -0.2) is 0 Å². The fraction of sp³-hybridized carbons (Fsp3) is 1.00. The van der Waals surface area contributed by atoms with Crippen LogP contribution in [0.4, 0.5) is 0 Å². The van der Waals surface area contributed by atoms with Gasteiger partial charge >= 0.3 is 0 Å². The Morgan fingerprint density at radius 3 is 2.46 bits per heavy atom. The molecule has 0 aliphatic carbocycles. The normalized spacial score (nSPS) is 13.6. The Balaban J connectivity index is 3.24. The van der Waals surface area contributed by atoms with Crippen molar-refractivity contribution in [2.24, 2.45) is 5.92 Å². The molecule has 0 saturated carbocycles. The lowest BCUT2D eigenvalue weighted by Gasteiger charge is -2.18. The molecule has 0 rings (SSSR count). The molecular formula is C11H26N2. The lowest BCUT2D eigenvalue weighted by Crippen LogP contribution is -2.30. The third-order valence-electron chi connectivity index (χ3n) is 2.62. The Bertz CT molecular complexity index is 104. The summed E-state index contributed by atoms with van der Waals surface area (Å²) in [6.07, 6.45) is 2.64. The minimum Gasteiger partial charge on any atom is -0.316 e. The first-order valence-corrected chi connectivity index (χ1v) is 5.59. The molecule has 1 N–H and O–H groups in total. The highest BCUT2D eigenvalue weighted by molar-refractivity contribution is 4.57. The summed E-state index contributed by atoms with van der Waals surface area (Å²) >= 11 is 0. The van der Waals surface area contributed by atoms with Crippen LogP contribution in [-0.2, 0) is 0 Å². The molecule has 13 heavy (non-hydrogen) atoms. The second kappa shape index (κ2) is 8.52. The van der Waals surface area contributed by atoms with Gasteiger partial charge in [-0.3, -0.25) is 0 Å². The largest absolute Gasteiger partial charge is 0.316 e. The molecule has 1 atom stereocenters. The lowest BCUT2D eigenvalue weighted by atomic mass is 10.1. The van der Waals surface area contributed by atoms with Crippen molar-refractivity contribution < 1.29 is 0 Å². The van der Waals surface area contributed by atoms with Gasteiger partial charge in [-0.05, 0) is 32.5 Å². The van der Waals surface area contributed by atoms with Gasteiger partial charge in [0.1, 0.15) is 0 Å². The highest BCUT2D eigenvalue weighted by Crippen LogP contribution is 2.06. The lowest BCUT2D eigenvalue weighted by molar-refractivity contribution is 0.302. The van der Waals surface area contributed by atoms with E-state index in [2.05, 4.69) is 38.0 Å². The van der Waals surface area contributed by atoms with Gasteiger partial charge in [0, 0.05) is 13.1 Å². The van der Waals surface area contributed by atoms with E-state index >= 15 is 0 Å². The summed E-state index contributed by atoms with van der Waals surface area (Å²) in [5, 5.41) is 3.34. The second-order valence-corrected chi connectivity index (χ2v) is 3.96. The molecule has 0 aromatic heterocycles. The van der Waals surface area contributed by atoms with E-state index in [1.165, 1.54) is 25.9 Å². The zero-order chi connectivity index (χ0) is 10.1. The zero-order valence-corrected chi connectivity index (χ0v) is 9.77. The number of hydrogen-bond acceptors (Lipinski definition) is 2. The van der Waals surface area contributed by atoms with Crippen molar-refractivity contribution in [1.82, 2.24) is 10.2 Å². The molecule has 0 aromatic carbocycles. The summed E-state index contributed by atoms with van der Waals surface area (Å²) in [4.78, 5) is 2.41. The first-order valence-electron chi connectivity index (χ1n) is 5.59. The number of rotatable bonds is 8. The van der Waals surface area contributed by atoms with Gasteiger partial charge < -0.3 is 10.2 Å². The third kappa shape index (κ3) is 8.26. The smallest absolute Gasteiger partial charge is 0.0104 e. The van der Waals surface area contributed by atoms with Crippen molar-refractivity contribution in [3.8, 4) is 0 Å². The molecule has 0 aliphatic heterocycles. The summed E-state index contributed by atoms with van der Waals surface area (Å²) in [5.74, 6) is 0.876.